The van der Waals surface area contributed by atoms with Crippen molar-refractivity contribution < 1.29 is 10.3 Å². The molecule has 2 aromatic carbocycles. The van der Waals surface area contributed by atoms with Crippen LogP contribution < -0.4 is 5.41 Å². The molecule has 0 spiro atoms. The summed E-state index contributed by atoms with van der Waals surface area (Å²) < 4.78 is 0. The van der Waals surface area contributed by atoms with E-state index in [4.69, 9.17) is 10.8 Å². The van der Waals surface area contributed by atoms with E-state index in [1.165, 1.54) is 12.1 Å². The lowest BCUT2D eigenvalue weighted by Crippen LogP contribution is -2.39. The Bertz CT molecular complexity index is 797. The number of azo groups is 1. The van der Waals surface area contributed by atoms with E-state index >= 15 is 0 Å². The second-order valence-electron chi connectivity index (χ2n) is 5.40. The average Bonchev–Trinajstić information content (AvgIpc) is 2.55. The minimum atomic E-state index is -0.460. The highest BCUT2D eigenvalue weighted by molar-refractivity contribution is 5.85. The van der Waals surface area contributed by atoms with E-state index in [-0.39, 0.29) is 23.8 Å². The van der Waals surface area contributed by atoms with Crippen molar-refractivity contribution in [2.45, 2.75) is 19.8 Å². The fourth-order valence-electron chi connectivity index (χ4n) is 2.08. The van der Waals surface area contributed by atoms with Gasteiger partial charge in [0.2, 0.25) is 0 Å². The fraction of sp³-hybridized carbons (Fsp3) is 0.176. The number of hydrogen-bond acceptors (Lipinski definition) is 3. The van der Waals surface area contributed by atoms with Crippen molar-refractivity contribution in [1.82, 2.24) is 0 Å². The van der Waals surface area contributed by atoms with Crippen molar-refractivity contribution in [3.05, 3.63) is 75.3 Å². The number of non-ortho nitro benzene ring substituents is 1. The summed E-state index contributed by atoms with van der Waals surface area (Å²) in [7, 11) is 0. The smallest absolute Gasteiger partial charge is 0.285 e. The molecular formula is C17H18N5O2+. The van der Waals surface area contributed by atoms with Gasteiger partial charge in [0, 0.05) is 18.6 Å². The van der Waals surface area contributed by atoms with Crippen LogP contribution >= 0.6 is 0 Å². The van der Waals surface area contributed by atoms with E-state index in [9.17, 15) is 10.1 Å². The molecule has 0 aliphatic rings. The van der Waals surface area contributed by atoms with Gasteiger partial charge in [-0.05, 0) is 23.2 Å². The van der Waals surface area contributed by atoms with E-state index < -0.39 is 4.92 Å². The van der Waals surface area contributed by atoms with Crippen LogP contribution in [0.15, 0.2) is 58.8 Å². The first-order valence-electron chi connectivity index (χ1n) is 7.33. The Hall–Kier alpha value is -3.22. The molecule has 0 unspecified atom stereocenters. The Morgan fingerprint density at radius 3 is 2.50 bits per heavy atom. The van der Waals surface area contributed by atoms with Gasteiger partial charge in [-0.25, -0.2) is 0 Å². The van der Waals surface area contributed by atoms with Gasteiger partial charge in [-0.2, -0.15) is 0 Å². The van der Waals surface area contributed by atoms with Gasteiger partial charge in [0.25, 0.3) is 5.69 Å². The number of nitrogens with one attached hydrogen (secondary N) is 1. The summed E-state index contributed by atoms with van der Waals surface area (Å²) in [6.45, 7) is 2.00. The molecule has 0 heterocycles. The van der Waals surface area contributed by atoms with Crippen LogP contribution in [0.3, 0.4) is 0 Å². The number of nitrogens with two attached hydrogens (primary N) is 1. The minimum Gasteiger partial charge on any atom is -0.285 e. The second kappa shape index (κ2) is 7.87. The average molecular weight is 324 g/mol. The molecule has 0 atom stereocenters. The van der Waals surface area contributed by atoms with E-state index in [0.717, 1.165) is 11.1 Å². The first kappa shape index (κ1) is 17.1. The quantitative estimate of drug-likeness (QED) is 0.288. The normalized spacial score (nSPS) is 10.7. The lowest BCUT2D eigenvalue weighted by Gasteiger charge is -1.98. The molecule has 0 saturated heterocycles. The van der Waals surface area contributed by atoms with Crippen LogP contribution in [0, 0.1) is 22.4 Å². The molecule has 122 valence electrons. The summed E-state index contributed by atoms with van der Waals surface area (Å²) in [5, 5.41) is 32.0. The Morgan fingerprint density at radius 2 is 1.83 bits per heavy atom. The first-order chi connectivity index (χ1) is 11.4. The molecule has 2 rings (SSSR count). The van der Waals surface area contributed by atoms with Crippen molar-refractivity contribution in [3.63, 3.8) is 0 Å². The maximum atomic E-state index is 10.7. The monoisotopic (exact) mass is 324 g/mol. The van der Waals surface area contributed by atoms with Crippen molar-refractivity contribution >= 4 is 17.4 Å². The SMILES string of the molecule is Cc1ccc(CC(=N)N=NC(=[NH2+])Cc2cccc([N+](=O)[O-])c2)cc1. The van der Waals surface area contributed by atoms with Crippen molar-refractivity contribution in [2.75, 3.05) is 0 Å². The van der Waals surface area contributed by atoms with E-state index in [1.807, 2.05) is 31.2 Å². The predicted octanol–water partition coefficient (Wildman–Crippen LogP) is 2.28. The molecule has 0 fully saturated rings. The fourth-order valence-corrected chi connectivity index (χ4v) is 2.08. The molecule has 3 N–H and O–H groups in total. The highest BCUT2D eigenvalue weighted by Crippen LogP contribution is 2.13. The van der Waals surface area contributed by atoms with Crippen LogP contribution in [-0.2, 0) is 12.8 Å². The Morgan fingerprint density at radius 1 is 1.12 bits per heavy atom. The Balaban J connectivity index is 1.92. The number of hydrogen-bond donors (Lipinski definition) is 2. The zero-order chi connectivity index (χ0) is 17.5. The molecule has 0 aromatic heterocycles. The first-order valence-corrected chi connectivity index (χ1v) is 7.33. The Kier molecular flexibility index (Phi) is 5.62. The van der Waals surface area contributed by atoms with Gasteiger partial charge in [0.1, 0.15) is 0 Å². The van der Waals surface area contributed by atoms with Gasteiger partial charge in [-0.15, -0.1) is 0 Å². The number of nitro groups is 1. The lowest BCUT2D eigenvalue weighted by atomic mass is 10.1. The molecule has 0 amide bonds. The molecule has 0 saturated carbocycles. The maximum absolute atomic E-state index is 10.7. The summed E-state index contributed by atoms with van der Waals surface area (Å²) in [5.74, 6) is 0.296. The predicted molar refractivity (Wildman–Crippen MR) is 91.2 cm³/mol. The zero-order valence-electron chi connectivity index (χ0n) is 13.3. The molecule has 24 heavy (non-hydrogen) atoms. The molecular weight excluding hydrogens is 306 g/mol. The zero-order valence-corrected chi connectivity index (χ0v) is 13.3. The molecule has 0 radical (unpaired) electrons. The number of aryl methyl sites for hydroxylation is 1. The van der Waals surface area contributed by atoms with E-state index in [0.29, 0.717) is 12.0 Å². The van der Waals surface area contributed by atoms with Crippen molar-refractivity contribution in [1.29, 1.82) is 5.41 Å². The van der Waals surface area contributed by atoms with Crippen LogP contribution in [0.1, 0.15) is 16.7 Å². The standard InChI is InChI=1S/C17H17N5O2/c1-12-5-7-13(8-6-12)10-16(18)20-21-17(19)11-14-3-2-4-15(9-14)22(23)24/h2-9,18-19H,10-11H2,1H3/p+1. The summed E-state index contributed by atoms with van der Waals surface area (Å²) in [6.07, 6.45) is 0.608. The van der Waals surface area contributed by atoms with Crippen LogP contribution in [0.2, 0.25) is 0 Å². The topological polar surface area (TPSA) is 117 Å². The largest absolute Gasteiger partial charge is 0.322 e. The van der Waals surface area contributed by atoms with Gasteiger partial charge in [-0.3, -0.25) is 20.9 Å². The summed E-state index contributed by atoms with van der Waals surface area (Å²) >= 11 is 0. The van der Waals surface area contributed by atoms with Crippen LogP contribution in [0.5, 0.6) is 0 Å². The van der Waals surface area contributed by atoms with Crippen LogP contribution in [0.25, 0.3) is 0 Å². The van der Waals surface area contributed by atoms with Crippen molar-refractivity contribution in [3.8, 4) is 0 Å². The third-order valence-electron chi connectivity index (χ3n) is 3.30. The Labute approximate surface area is 139 Å². The third kappa shape index (κ3) is 5.20. The summed E-state index contributed by atoms with van der Waals surface area (Å²) in [5.41, 5.74) is 2.80. The third-order valence-corrected chi connectivity index (χ3v) is 3.30. The number of amidine groups is 2. The maximum Gasteiger partial charge on any atom is 0.322 e. The van der Waals surface area contributed by atoms with Crippen LogP contribution in [0.4, 0.5) is 5.69 Å². The molecule has 2 aromatic rings. The van der Waals surface area contributed by atoms with Crippen LogP contribution in [-0.4, -0.2) is 16.6 Å². The van der Waals surface area contributed by atoms with E-state index in [1.54, 1.807) is 12.1 Å². The molecule has 7 nitrogen and oxygen atoms in total. The van der Waals surface area contributed by atoms with Gasteiger partial charge < -0.3 is 0 Å². The molecule has 0 aliphatic heterocycles. The van der Waals surface area contributed by atoms with Gasteiger partial charge in [-0.1, -0.05) is 42.0 Å². The molecule has 0 aliphatic carbocycles. The highest BCUT2D eigenvalue weighted by atomic mass is 16.6. The lowest BCUT2D eigenvalue weighted by molar-refractivity contribution is -0.384. The van der Waals surface area contributed by atoms with Gasteiger partial charge in [0.15, 0.2) is 5.84 Å². The second-order valence-corrected chi connectivity index (χ2v) is 5.40. The number of rotatable bonds is 5. The number of nitrogens with zero attached hydrogens (tertiary/aromatic N) is 3. The van der Waals surface area contributed by atoms with Gasteiger partial charge in [0.05, 0.1) is 16.5 Å². The highest BCUT2D eigenvalue weighted by Gasteiger charge is 2.11. The molecule has 0 bridgehead atoms. The van der Waals surface area contributed by atoms with E-state index in [2.05, 4.69) is 10.2 Å². The minimum absolute atomic E-state index is 0.00403. The van der Waals surface area contributed by atoms with Crippen molar-refractivity contribution in [2.24, 2.45) is 10.2 Å². The number of benzene rings is 2. The summed E-state index contributed by atoms with van der Waals surface area (Å²) in [4.78, 5) is 10.3. The summed E-state index contributed by atoms with van der Waals surface area (Å²) in [6, 6.07) is 14.0. The number of nitro benzene ring substituents is 1. The molecule has 7 heteroatoms. The van der Waals surface area contributed by atoms with Gasteiger partial charge >= 0.3 is 5.84 Å².